The van der Waals surface area contributed by atoms with Gasteiger partial charge in [-0.2, -0.15) is 0 Å². The number of nitrogens with one attached hydrogen (secondary N) is 2. The number of aromatic nitrogens is 1. The lowest BCUT2D eigenvalue weighted by Crippen LogP contribution is -2.37. The van der Waals surface area contributed by atoms with E-state index in [4.69, 9.17) is 4.52 Å². The molecule has 0 amide bonds. The number of nitrogens with zero attached hydrogens (tertiary/aromatic N) is 2. The van der Waals surface area contributed by atoms with Crippen LogP contribution in [0.1, 0.15) is 11.3 Å². The molecule has 0 bridgehead atoms. The molecule has 6 heteroatoms. The van der Waals surface area contributed by atoms with Crippen LogP contribution in [-0.4, -0.2) is 24.7 Å². The maximum absolute atomic E-state index is 13.2. The van der Waals surface area contributed by atoms with Crippen LogP contribution in [0.25, 0.3) is 11.3 Å². The molecule has 1 heterocycles. The van der Waals surface area contributed by atoms with Crippen LogP contribution in [0, 0.1) is 5.82 Å². The van der Waals surface area contributed by atoms with Gasteiger partial charge in [-0.05, 0) is 24.1 Å². The van der Waals surface area contributed by atoms with Gasteiger partial charge >= 0.3 is 0 Å². The molecular weight excluding hydrogens is 331 g/mol. The minimum atomic E-state index is -0.217. The van der Waals surface area contributed by atoms with Crippen molar-refractivity contribution >= 4 is 5.96 Å². The Morgan fingerprint density at radius 2 is 1.92 bits per heavy atom. The van der Waals surface area contributed by atoms with E-state index in [-0.39, 0.29) is 5.82 Å². The van der Waals surface area contributed by atoms with Crippen molar-refractivity contribution in [2.75, 3.05) is 13.6 Å². The lowest BCUT2D eigenvalue weighted by Gasteiger charge is -2.10. The maximum Gasteiger partial charge on any atom is 0.191 e. The molecule has 3 aromatic rings. The van der Waals surface area contributed by atoms with Gasteiger partial charge in [0, 0.05) is 25.2 Å². The zero-order valence-corrected chi connectivity index (χ0v) is 14.6. The highest BCUT2D eigenvalue weighted by Crippen LogP contribution is 2.19. The predicted octanol–water partition coefficient (Wildman–Crippen LogP) is 3.39. The Kier molecular flexibility index (Phi) is 5.98. The lowest BCUT2D eigenvalue weighted by molar-refractivity contribution is 0.422. The van der Waals surface area contributed by atoms with Crippen LogP contribution in [0.5, 0.6) is 0 Å². The molecule has 0 saturated heterocycles. The largest absolute Gasteiger partial charge is 0.356 e. The van der Waals surface area contributed by atoms with Gasteiger partial charge in [-0.1, -0.05) is 47.6 Å². The van der Waals surface area contributed by atoms with Gasteiger partial charge in [0.15, 0.2) is 11.7 Å². The van der Waals surface area contributed by atoms with E-state index < -0.39 is 0 Å². The zero-order chi connectivity index (χ0) is 18.2. The summed E-state index contributed by atoms with van der Waals surface area (Å²) in [6.07, 6.45) is 0.709. The Bertz CT molecular complexity index is 861. The Morgan fingerprint density at radius 1 is 1.08 bits per heavy atom. The molecule has 3 rings (SSSR count). The number of hydrogen-bond acceptors (Lipinski definition) is 3. The van der Waals surface area contributed by atoms with Gasteiger partial charge in [-0.3, -0.25) is 4.99 Å². The normalized spacial score (nSPS) is 11.4. The first kappa shape index (κ1) is 17.7. The molecule has 0 aliphatic rings. The fourth-order valence-corrected chi connectivity index (χ4v) is 2.55. The predicted molar refractivity (Wildman–Crippen MR) is 100 cm³/mol. The monoisotopic (exact) mass is 352 g/mol. The molecule has 5 nitrogen and oxygen atoms in total. The second-order valence-corrected chi connectivity index (χ2v) is 5.78. The van der Waals surface area contributed by atoms with Gasteiger partial charge in [0.05, 0.1) is 6.54 Å². The summed E-state index contributed by atoms with van der Waals surface area (Å²) < 4.78 is 18.6. The van der Waals surface area contributed by atoms with Crippen molar-refractivity contribution in [3.63, 3.8) is 0 Å². The number of aliphatic imine (C=N–C) groups is 1. The first-order valence-corrected chi connectivity index (χ1v) is 8.44. The summed E-state index contributed by atoms with van der Waals surface area (Å²) in [5, 5.41) is 10.5. The second kappa shape index (κ2) is 8.80. The first-order chi connectivity index (χ1) is 12.7. The molecule has 0 aliphatic carbocycles. The Hall–Kier alpha value is -3.15. The van der Waals surface area contributed by atoms with E-state index in [1.807, 2.05) is 42.5 Å². The van der Waals surface area contributed by atoms with E-state index in [1.54, 1.807) is 19.2 Å². The number of halogens is 1. The van der Waals surface area contributed by atoms with Crippen molar-refractivity contribution in [3.05, 3.63) is 77.7 Å². The van der Waals surface area contributed by atoms with E-state index in [0.29, 0.717) is 25.5 Å². The maximum atomic E-state index is 13.2. The third-order valence-electron chi connectivity index (χ3n) is 3.87. The van der Waals surface area contributed by atoms with Crippen LogP contribution in [0.3, 0.4) is 0 Å². The molecular formula is C20H21FN4O. The van der Waals surface area contributed by atoms with E-state index in [9.17, 15) is 4.39 Å². The average Bonchev–Trinajstić information content (AvgIpc) is 3.14. The Labute approximate surface area is 151 Å². The minimum Gasteiger partial charge on any atom is -0.356 e. The van der Waals surface area contributed by atoms with Crippen LogP contribution < -0.4 is 10.6 Å². The zero-order valence-electron chi connectivity index (χ0n) is 14.6. The molecule has 2 aromatic carbocycles. The summed E-state index contributed by atoms with van der Waals surface area (Å²) in [6.45, 7) is 1.15. The van der Waals surface area contributed by atoms with Gasteiger partial charge in [0.25, 0.3) is 0 Å². The molecule has 0 unspecified atom stereocenters. The van der Waals surface area contributed by atoms with Gasteiger partial charge in [-0.15, -0.1) is 0 Å². The van der Waals surface area contributed by atoms with E-state index in [1.165, 1.54) is 6.07 Å². The van der Waals surface area contributed by atoms with E-state index >= 15 is 0 Å². The fourth-order valence-electron chi connectivity index (χ4n) is 2.55. The van der Waals surface area contributed by atoms with Crippen molar-refractivity contribution in [1.82, 2.24) is 15.8 Å². The number of benzene rings is 2. The number of hydrogen-bond donors (Lipinski definition) is 2. The molecule has 2 N–H and O–H groups in total. The fraction of sp³-hybridized carbons (Fsp3) is 0.200. The van der Waals surface area contributed by atoms with Crippen molar-refractivity contribution in [2.45, 2.75) is 13.0 Å². The topological polar surface area (TPSA) is 62.5 Å². The summed E-state index contributed by atoms with van der Waals surface area (Å²) in [6, 6.07) is 18.3. The third kappa shape index (κ3) is 4.92. The average molecular weight is 352 g/mol. The smallest absolute Gasteiger partial charge is 0.191 e. The van der Waals surface area contributed by atoms with Crippen LogP contribution in [0.15, 0.2) is 70.2 Å². The van der Waals surface area contributed by atoms with Gasteiger partial charge in [0.1, 0.15) is 11.5 Å². The minimum absolute atomic E-state index is 0.217. The van der Waals surface area contributed by atoms with Crippen molar-refractivity contribution < 1.29 is 8.91 Å². The molecule has 0 atom stereocenters. The molecule has 0 radical (unpaired) electrons. The summed E-state index contributed by atoms with van der Waals surface area (Å²) >= 11 is 0. The van der Waals surface area contributed by atoms with Crippen LogP contribution in [0.2, 0.25) is 0 Å². The highest BCUT2D eigenvalue weighted by atomic mass is 19.1. The number of rotatable bonds is 6. The van der Waals surface area contributed by atoms with E-state index in [2.05, 4.69) is 20.8 Å². The number of guanidine groups is 1. The molecule has 0 saturated carbocycles. The molecule has 0 spiro atoms. The van der Waals surface area contributed by atoms with Crippen LogP contribution in [0.4, 0.5) is 4.39 Å². The van der Waals surface area contributed by atoms with E-state index in [0.717, 1.165) is 22.6 Å². The van der Waals surface area contributed by atoms with Crippen molar-refractivity contribution in [1.29, 1.82) is 0 Å². The highest BCUT2D eigenvalue weighted by Gasteiger charge is 2.07. The van der Waals surface area contributed by atoms with Crippen molar-refractivity contribution in [3.8, 4) is 11.3 Å². The third-order valence-corrected chi connectivity index (χ3v) is 3.87. The summed E-state index contributed by atoms with van der Waals surface area (Å²) in [5.41, 5.74) is 2.72. The second-order valence-electron chi connectivity index (χ2n) is 5.78. The Balaban J connectivity index is 1.48. The lowest BCUT2D eigenvalue weighted by atomic mass is 10.1. The highest BCUT2D eigenvalue weighted by molar-refractivity contribution is 5.79. The summed E-state index contributed by atoms with van der Waals surface area (Å²) in [7, 11) is 1.70. The van der Waals surface area contributed by atoms with Gasteiger partial charge in [0.2, 0.25) is 0 Å². The Morgan fingerprint density at radius 3 is 2.69 bits per heavy atom. The van der Waals surface area contributed by atoms with Crippen molar-refractivity contribution in [2.24, 2.45) is 4.99 Å². The standard InChI is InChI=1S/C20H21FN4O/c1-22-20(23-11-10-15-6-5-9-17(21)12-15)24-14-18-13-19(26-25-18)16-7-3-2-4-8-16/h2-9,12-13H,10-11,14H2,1H3,(H2,22,23,24). The van der Waals surface area contributed by atoms with Gasteiger partial charge in [-0.25, -0.2) is 4.39 Å². The molecule has 134 valence electrons. The molecule has 26 heavy (non-hydrogen) atoms. The summed E-state index contributed by atoms with van der Waals surface area (Å²) in [5.74, 6) is 1.17. The molecule has 0 fully saturated rings. The van der Waals surface area contributed by atoms with Gasteiger partial charge < -0.3 is 15.2 Å². The summed E-state index contributed by atoms with van der Waals surface area (Å²) in [4.78, 5) is 4.18. The first-order valence-electron chi connectivity index (χ1n) is 8.44. The quantitative estimate of drug-likeness (QED) is 0.527. The van der Waals surface area contributed by atoms with Crippen LogP contribution in [-0.2, 0) is 13.0 Å². The van der Waals surface area contributed by atoms with Crippen LogP contribution >= 0.6 is 0 Å². The SMILES string of the molecule is CN=C(NCCc1cccc(F)c1)NCc1cc(-c2ccccc2)on1. The molecule has 1 aromatic heterocycles. The molecule has 0 aliphatic heterocycles.